The van der Waals surface area contributed by atoms with E-state index in [2.05, 4.69) is 118 Å². The van der Waals surface area contributed by atoms with E-state index < -0.39 is 6.10 Å². The average Bonchev–Trinajstić information content (AvgIpc) is 3.37. The number of ether oxygens (including phenoxy) is 3. The van der Waals surface area contributed by atoms with Crippen molar-refractivity contribution in [2.75, 3.05) is 13.2 Å². The first-order chi connectivity index (χ1) is 35.0. The van der Waals surface area contributed by atoms with Crippen LogP contribution in [0.3, 0.4) is 0 Å². The maximum Gasteiger partial charge on any atom is 0.306 e. The molecule has 0 bridgehead atoms. The van der Waals surface area contributed by atoms with Crippen LogP contribution in [0.2, 0.25) is 0 Å². The highest BCUT2D eigenvalue weighted by atomic mass is 16.6. The van der Waals surface area contributed by atoms with Crippen molar-refractivity contribution in [3.8, 4) is 0 Å². The molecule has 0 spiro atoms. The van der Waals surface area contributed by atoms with Crippen molar-refractivity contribution in [2.45, 2.75) is 284 Å². The lowest BCUT2D eigenvalue weighted by molar-refractivity contribution is -0.167. The maximum absolute atomic E-state index is 12.8. The molecule has 6 nitrogen and oxygen atoms in total. The van der Waals surface area contributed by atoms with E-state index in [9.17, 15) is 14.4 Å². The van der Waals surface area contributed by atoms with Crippen molar-refractivity contribution in [3.63, 3.8) is 0 Å². The van der Waals surface area contributed by atoms with Crippen LogP contribution in [-0.4, -0.2) is 37.2 Å². The fraction of sp³-hybridized carbons (Fsp3) is 0.708. The van der Waals surface area contributed by atoms with E-state index in [0.717, 1.165) is 116 Å². The molecule has 0 aliphatic carbocycles. The van der Waals surface area contributed by atoms with Gasteiger partial charge in [-0.05, 0) is 96.3 Å². The first-order valence-corrected chi connectivity index (χ1v) is 29.7. The van der Waals surface area contributed by atoms with Gasteiger partial charge in [0.1, 0.15) is 13.2 Å². The van der Waals surface area contributed by atoms with Gasteiger partial charge in [0, 0.05) is 19.3 Å². The lowest BCUT2D eigenvalue weighted by atomic mass is 10.0. The van der Waals surface area contributed by atoms with Crippen LogP contribution >= 0.6 is 0 Å². The zero-order chi connectivity index (χ0) is 51.4. The zero-order valence-corrected chi connectivity index (χ0v) is 46.5. The molecule has 406 valence electrons. The van der Waals surface area contributed by atoms with E-state index in [-0.39, 0.29) is 31.1 Å². The fourth-order valence-electron chi connectivity index (χ4n) is 8.19. The van der Waals surface area contributed by atoms with Gasteiger partial charge in [0.25, 0.3) is 0 Å². The van der Waals surface area contributed by atoms with Gasteiger partial charge < -0.3 is 14.2 Å². The Morgan fingerprint density at radius 1 is 0.296 bits per heavy atom. The summed E-state index contributed by atoms with van der Waals surface area (Å²) in [5.41, 5.74) is 0. The molecule has 0 aliphatic heterocycles. The Morgan fingerprint density at radius 2 is 0.549 bits per heavy atom. The van der Waals surface area contributed by atoms with Crippen LogP contribution in [-0.2, 0) is 28.6 Å². The minimum atomic E-state index is -0.787. The first-order valence-electron chi connectivity index (χ1n) is 29.7. The number of carbonyl (C=O) groups excluding carboxylic acids is 3. The maximum atomic E-state index is 12.8. The molecule has 1 unspecified atom stereocenters. The molecule has 0 heterocycles. The zero-order valence-electron chi connectivity index (χ0n) is 46.5. The van der Waals surface area contributed by atoms with Crippen LogP contribution in [0, 0.1) is 0 Å². The molecule has 6 heteroatoms. The monoisotopic (exact) mass is 987 g/mol. The SMILES string of the molecule is CC/C=C\C/C=C\C/C=C\C/C=C\C/C=C\CCCCCCCCCCCCCCCCCCCC(=O)OCC(COC(=O)CCCCCCCCC)OC(=O)CCCCC/C=C\C/C=C\C/C=C\CC. The molecule has 0 amide bonds. The van der Waals surface area contributed by atoms with Crippen molar-refractivity contribution in [1.82, 2.24) is 0 Å². The third kappa shape index (κ3) is 57.1. The predicted molar refractivity (Wildman–Crippen MR) is 307 cm³/mol. The summed E-state index contributed by atoms with van der Waals surface area (Å²) in [5, 5.41) is 0. The molecule has 0 aliphatic rings. The van der Waals surface area contributed by atoms with E-state index in [1.54, 1.807) is 0 Å². The molecule has 0 aromatic heterocycles. The van der Waals surface area contributed by atoms with Gasteiger partial charge in [-0.3, -0.25) is 14.4 Å². The smallest absolute Gasteiger partial charge is 0.306 e. The van der Waals surface area contributed by atoms with Gasteiger partial charge in [-0.2, -0.15) is 0 Å². The highest BCUT2D eigenvalue weighted by Crippen LogP contribution is 2.16. The van der Waals surface area contributed by atoms with E-state index in [1.807, 2.05) is 0 Å². The van der Waals surface area contributed by atoms with Gasteiger partial charge in [-0.15, -0.1) is 0 Å². The Morgan fingerprint density at radius 3 is 0.873 bits per heavy atom. The van der Waals surface area contributed by atoms with Crippen LogP contribution in [0.15, 0.2) is 97.2 Å². The highest BCUT2D eigenvalue weighted by Gasteiger charge is 2.19. The van der Waals surface area contributed by atoms with Gasteiger partial charge >= 0.3 is 17.9 Å². The second kappa shape index (κ2) is 58.9. The van der Waals surface area contributed by atoms with Crippen molar-refractivity contribution in [3.05, 3.63) is 97.2 Å². The van der Waals surface area contributed by atoms with Gasteiger partial charge in [0.2, 0.25) is 0 Å². The van der Waals surface area contributed by atoms with E-state index in [1.165, 1.54) is 122 Å². The number of allylic oxidation sites excluding steroid dienone is 16. The Balaban J connectivity index is 4.01. The number of esters is 3. The Kier molecular flexibility index (Phi) is 55.9. The summed E-state index contributed by atoms with van der Waals surface area (Å²) >= 11 is 0. The normalized spacial score (nSPS) is 12.8. The van der Waals surface area contributed by atoms with Crippen molar-refractivity contribution in [2.24, 2.45) is 0 Å². The van der Waals surface area contributed by atoms with Crippen molar-refractivity contribution in [1.29, 1.82) is 0 Å². The first kappa shape index (κ1) is 67.3. The number of rotatable bonds is 53. The summed E-state index contributed by atoms with van der Waals surface area (Å²) < 4.78 is 16.7. The number of hydrogen-bond donors (Lipinski definition) is 0. The standard InChI is InChI=1S/C65H110O6/c1-4-7-10-13-16-18-20-22-23-24-25-26-27-28-29-30-31-32-33-34-35-36-37-38-39-40-41-43-44-46-49-52-55-58-64(67)70-61-62(60-69-63(66)57-54-51-48-15-12-9-6-3)71-65(68)59-56-53-50-47-45-42-21-19-17-14-11-8-5-2/h7-8,10-11,16-19,22-23,25-26,28-29,42,45,62H,4-6,9,12-15,20-21,24,27,30-41,43-44,46-61H2,1-3H3/b10-7-,11-8-,18-16-,19-17-,23-22-,26-25-,29-28-,45-42-. The van der Waals surface area contributed by atoms with Gasteiger partial charge in [0.15, 0.2) is 6.10 Å². The second-order valence-corrected chi connectivity index (χ2v) is 19.5. The lowest BCUT2D eigenvalue weighted by Gasteiger charge is -2.18. The predicted octanol–water partition coefficient (Wildman–Crippen LogP) is 20.1. The molecule has 1 atom stereocenters. The molecular formula is C65H110O6. The Bertz CT molecular complexity index is 1410. The van der Waals surface area contributed by atoms with Gasteiger partial charge in [-0.25, -0.2) is 0 Å². The largest absolute Gasteiger partial charge is 0.462 e. The van der Waals surface area contributed by atoms with Crippen LogP contribution in [0.1, 0.15) is 278 Å². The van der Waals surface area contributed by atoms with E-state index in [4.69, 9.17) is 14.2 Å². The molecular weight excluding hydrogens is 877 g/mol. The van der Waals surface area contributed by atoms with E-state index in [0.29, 0.717) is 19.3 Å². The van der Waals surface area contributed by atoms with E-state index >= 15 is 0 Å². The van der Waals surface area contributed by atoms with Crippen molar-refractivity contribution < 1.29 is 28.6 Å². The highest BCUT2D eigenvalue weighted by molar-refractivity contribution is 5.71. The summed E-state index contributed by atoms with van der Waals surface area (Å²) in [6, 6.07) is 0. The summed E-state index contributed by atoms with van der Waals surface area (Å²) in [4.78, 5) is 37.9. The quantitative estimate of drug-likeness (QED) is 0.0261. The molecule has 0 radical (unpaired) electrons. The Labute approximate surface area is 438 Å². The number of hydrogen-bond acceptors (Lipinski definition) is 6. The molecule has 0 aromatic rings. The minimum Gasteiger partial charge on any atom is -0.462 e. The molecule has 0 aromatic carbocycles. The third-order valence-corrected chi connectivity index (χ3v) is 12.6. The number of unbranched alkanes of at least 4 members (excludes halogenated alkanes) is 26. The molecule has 71 heavy (non-hydrogen) atoms. The lowest BCUT2D eigenvalue weighted by Crippen LogP contribution is -2.30. The molecule has 0 saturated carbocycles. The third-order valence-electron chi connectivity index (χ3n) is 12.6. The molecule has 0 saturated heterocycles. The van der Waals surface area contributed by atoms with Crippen LogP contribution in [0.4, 0.5) is 0 Å². The Hall–Kier alpha value is -3.67. The second-order valence-electron chi connectivity index (χ2n) is 19.5. The summed E-state index contributed by atoms with van der Waals surface area (Å²) in [5.74, 6) is -0.919. The molecule has 0 rings (SSSR count). The van der Waals surface area contributed by atoms with Gasteiger partial charge in [0.05, 0.1) is 0 Å². The molecule has 0 N–H and O–H groups in total. The van der Waals surface area contributed by atoms with Crippen LogP contribution in [0.25, 0.3) is 0 Å². The average molecular weight is 988 g/mol. The summed E-state index contributed by atoms with van der Waals surface area (Å²) in [6.45, 7) is 6.35. The van der Waals surface area contributed by atoms with Crippen molar-refractivity contribution >= 4 is 17.9 Å². The molecule has 0 fully saturated rings. The fourth-order valence-corrected chi connectivity index (χ4v) is 8.19. The summed E-state index contributed by atoms with van der Waals surface area (Å²) in [7, 11) is 0. The minimum absolute atomic E-state index is 0.0864. The topological polar surface area (TPSA) is 78.9 Å². The van der Waals surface area contributed by atoms with Crippen LogP contribution < -0.4 is 0 Å². The summed E-state index contributed by atoms with van der Waals surface area (Å²) in [6.07, 6.45) is 78.8. The van der Waals surface area contributed by atoms with Gasteiger partial charge in [-0.1, -0.05) is 259 Å². The van der Waals surface area contributed by atoms with Crippen LogP contribution in [0.5, 0.6) is 0 Å². The number of carbonyl (C=O) groups is 3.